The van der Waals surface area contributed by atoms with E-state index in [0.717, 1.165) is 9.88 Å². The highest BCUT2D eigenvalue weighted by molar-refractivity contribution is 7.21. The van der Waals surface area contributed by atoms with E-state index in [0.29, 0.717) is 4.88 Å². The summed E-state index contributed by atoms with van der Waals surface area (Å²) in [6, 6.07) is 7.58. The van der Waals surface area contributed by atoms with Gasteiger partial charge in [0.1, 0.15) is 21.5 Å². The van der Waals surface area contributed by atoms with Crippen molar-refractivity contribution in [3.05, 3.63) is 64.0 Å². The van der Waals surface area contributed by atoms with E-state index in [1.165, 1.54) is 35.7 Å². The zero-order chi connectivity index (χ0) is 16.2. The summed E-state index contributed by atoms with van der Waals surface area (Å²) < 4.78 is 27.0. The Morgan fingerprint density at radius 1 is 1.17 bits per heavy atom. The number of halogens is 2. The first kappa shape index (κ1) is 15.8. The summed E-state index contributed by atoms with van der Waals surface area (Å²) in [5, 5.41) is 5.39. The number of hydrogen-bond acceptors (Lipinski definition) is 4. The first-order valence-corrected chi connectivity index (χ1v) is 8.55. The quantitative estimate of drug-likeness (QED) is 0.752. The average Bonchev–Trinajstić information content (AvgIpc) is 3.20. The second-order valence-corrected chi connectivity index (χ2v) is 6.69. The minimum atomic E-state index is -0.600. The van der Waals surface area contributed by atoms with E-state index in [-0.39, 0.29) is 24.4 Å². The lowest BCUT2D eigenvalue weighted by molar-refractivity contribution is 0.0957. The standard InChI is InChI=1S/C16H12F2N2OS2/c17-11-3-1-4-12(18)10(11)6-7-19-15(21)14-9-20-16(23-14)13-5-2-8-22-13/h1-5,8-9H,6-7H2,(H,19,21). The number of hydrogen-bond donors (Lipinski definition) is 1. The number of thiazole rings is 1. The Morgan fingerprint density at radius 3 is 2.65 bits per heavy atom. The number of benzene rings is 1. The molecule has 118 valence electrons. The molecule has 3 nitrogen and oxygen atoms in total. The van der Waals surface area contributed by atoms with Gasteiger partial charge in [-0.2, -0.15) is 0 Å². The molecule has 0 radical (unpaired) electrons. The Balaban J connectivity index is 1.60. The molecular weight excluding hydrogens is 338 g/mol. The third-order valence-corrected chi connectivity index (χ3v) is 5.22. The zero-order valence-electron chi connectivity index (χ0n) is 11.9. The van der Waals surface area contributed by atoms with E-state index < -0.39 is 11.6 Å². The monoisotopic (exact) mass is 350 g/mol. The molecule has 1 amide bonds. The van der Waals surface area contributed by atoms with Crippen molar-refractivity contribution >= 4 is 28.6 Å². The fourth-order valence-corrected chi connectivity index (χ4v) is 3.69. The maximum Gasteiger partial charge on any atom is 0.263 e. The highest BCUT2D eigenvalue weighted by atomic mass is 32.1. The van der Waals surface area contributed by atoms with E-state index in [9.17, 15) is 13.6 Å². The van der Waals surface area contributed by atoms with E-state index in [2.05, 4.69) is 10.3 Å². The minimum Gasteiger partial charge on any atom is -0.351 e. The van der Waals surface area contributed by atoms with Crippen LogP contribution in [-0.4, -0.2) is 17.4 Å². The van der Waals surface area contributed by atoms with Gasteiger partial charge in [0.15, 0.2) is 0 Å². The number of rotatable bonds is 5. The lowest BCUT2D eigenvalue weighted by atomic mass is 10.1. The van der Waals surface area contributed by atoms with Gasteiger partial charge < -0.3 is 5.32 Å². The maximum atomic E-state index is 13.5. The Labute approximate surface area is 139 Å². The lowest BCUT2D eigenvalue weighted by Crippen LogP contribution is -2.25. The summed E-state index contributed by atoms with van der Waals surface area (Å²) in [6.07, 6.45) is 1.61. The maximum absolute atomic E-state index is 13.5. The summed E-state index contributed by atoms with van der Waals surface area (Å²) in [5.41, 5.74) is -0.0172. The van der Waals surface area contributed by atoms with Gasteiger partial charge in [-0.1, -0.05) is 12.1 Å². The molecule has 3 aromatic rings. The van der Waals surface area contributed by atoms with Crippen molar-refractivity contribution in [3.63, 3.8) is 0 Å². The van der Waals surface area contributed by atoms with Crippen molar-refractivity contribution in [1.82, 2.24) is 10.3 Å². The zero-order valence-corrected chi connectivity index (χ0v) is 13.5. The second-order valence-electron chi connectivity index (χ2n) is 4.71. The highest BCUT2D eigenvalue weighted by Crippen LogP contribution is 2.28. The van der Waals surface area contributed by atoms with Gasteiger partial charge in [-0.15, -0.1) is 22.7 Å². The largest absolute Gasteiger partial charge is 0.351 e. The molecule has 0 aliphatic rings. The summed E-state index contributed by atoms with van der Waals surface area (Å²) in [5.74, 6) is -1.49. The van der Waals surface area contributed by atoms with Crippen LogP contribution in [0.2, 0.25) is 0 Å². The predicted octanol–water partition coefficient (Wildman–Crippen LogP) is 4.12. The highest BCUT2D eigenvalue weighted by Gasteiger charge is 2.13. The number of carbonyl (C=O) groups excluding carboxylic acids is 1. The lowest BCUT2D eigenvalue weighted by Gasteiger charge is -2.06. The predicted molar refractivity (Wildman–Crippen MR) is 87.8 cm³/mol. The van der Waals surface area contributed by atoms with Crippen LogP contribution in [0.4, 0.5) is 8.78 Å². The molecule has 0 bridgehead atoms. The van der Waals surface area contributed by atoms with Crippen LogP contribution in [0.5, 0.6) is 0 Å². The molecule has 1 aromatic carbocycles. The first-order valence-electron chi connectivity index (χ1n) is 6.86. The molecule has 0 fully saturated rings. The Morgan fingerprint density at radius 2 is 1.96 bits per heavy atom. The number of amides is 1. The number of thiophene rings is 1. The van der Waals surface area contributed by atoms with Gasteiger partial charge >= 0.3 is 0 Å². The van der Waals surface area contributed by atoms with Crippen LogP contribution >= 0.6 is 22.7 Å². The van der Waals surface area contributed by atoms with Crippen LogP contribution in [0.1, 0.15) is 15.2 Å². The number of aromatic nitrogens is 1. The van der Waals surface area contributed by atoms with Crippen LogP contribution < -0.4 is 5.32 Å². The summed E-state index contributed by atoms with van der Waals surface area (Å²) in [4.78, 5) is 17.8. The van der Waals surface area contributed by atoms with Crippen LogP contribution in [0, 0.1) is 11.6 Å². The number of carbonyl (C=O) groups is 1. The van der Waals surface area contributed by atoms with Crippen LogP contribution in [0.15, 0.2) is 41.9 Å². The fourth-order valence-electron chi connectivity index (χ4n) is 2.05. The minimum absolute atomic E-state index is 0.0172. The Bertz CT molecular complexity index is 795. The molecule has 3 rings (SSSR count). The van der Waals surface area contributed by atoms with Crippen molar-refractivity contribution in [2.75, 3.05) is 6.54 Å². The first-order chi connectivity index (χ1) is 11.1. The van der Waals surface area contributed by atoms with Gasteiger partial charge in [-0.3, -0.25) is 4.79 Å². The molecule has 0 saturated heterocycles. The van der Waals surface area contributed by atoms with E-state index in [4.69, 9.17) is 0 Å². The molecule has 0 aliphatic carbocycles. The molecule has 23 heavy (non-hydrogen) atoms. The van der Waals surface area contributed by atoms with Crippen molar-refractivity contribution in [1.29, 1.82) is 0 Å². The van der Waals surface area contributed by atoms with E-state index >= 15 is 0 Å². The van der Waals surface area contributed by atoms with E-state index in [1.807, 2.05) is 17.5 Å². The molecule has 2 heterocycles. The smallest absolute Gasteiger partial charge is 0.263 e. The third-order valence-electron chi connectivity index (χ3n) is 3.18. The third kappa shape index (κ3) is 3.62. The molecule has 0 spiro atoms. The van der Waals surface area contributed by atoms with Gasteiger partial charge in [-0.05, 0) is 30.0 Å². The number of nitrogens with zero attached hydrogens (tertiary/aromatic N) is 1. The van der Waals surface area contributed by atoms with Crippen LogP contribution in [0.25, 0.3) is 9.88 Å². The van der Waals surface area contributed by atoms with Gasteiger partial charge in [0.05, 0.1) is 11.1 Å². The second kappa shape index (κ2) is 6.97. The van der Waals surface area contributed by atoms with Gasteiger partial charge in [-0.25, -0.2) is 13.8 Å². The normalized spacial score (nSPS) is 10.7. The summed E-state index contributed by atoms with van der Waals surface area (Å²) in [7, 11) is 0. The van der Waals surface area contributed by atoms with Crippen molar-refractivity contribution in [2.45, 2.75) is 6.42 Å². The van der Waals surface area contributed by atoms with Crippen LogP contribution in [0.3, 0.4) is 0 Å². The van der Waals surface area contributed by atoms with E-state index in [1.54, 1.807) is 11.3 Å². The van der Waals surface area contributed by atoms with Gasteiger partial charge in [0, 0.05) is 12.1 Å². The Hall–Kier alpha value is -2.12. The van der Waals surface area contributed by atoms with Crippen LogP contribution in [-0.2, 0) is 6.42 Å². The number of nitrogens with one attached hydrogen (secondary N) is 1. The molecule has 0 aliphatic heterocycles. The average molecular weight is 350 g/mol. The molecular formula is C16H12F2N2OS2. The molecule has 1 N–H and O–H groups in total. The van der Waals surface area contributed by atoms with Gasteiger partial charge in [0.2, 0.25) is 0 Å². The van der Waals surface area contributed by atoms with Crippen molar-refractivity contribution < 1.29 is 13.6 Å². The fraction of sp³-hybridized carbons (Fsp3) is 0.125. The molecule has 0 atom stereocenters. The molecule has 0 unspecified atom stereocenters. The van der Waals surface area contributed by atoms with Crippen molar-refractivity contribution in [2.24, 2.45) is 0 Å². The Kier molecular flexibility index (Phi) is 4.78. The molecule has 0 saturated carbocycles. The SMILES string of the molecule is O=C(NCCc1c(F)cccc1F)c1cnc(-c2cccs2)s1. The van der Waals surface area contributed by atoms with Crippen molar-refractivity contribution in [3.8, 4) is 9.88 Å². The molecule has 2 aromatic heterocycles. The summed E-state index contributed by atoms with van der Waals surface area (Å²) >= 11 is 2.84. The molecule has 7 heteroatoms. The topological polar surface area (TPSA) is 42.0 Å². The van der Waals surface area contributed by atoms with Gasteiger partial charge in [0.25, 0.3) is 5.91 Å². The summed E-state index contributed by atoms with van der Waals surface area (Å²) in [6.45, 7) is 0.156.